The van der Waals surface area contributed by atoms with Crippen LogP contribution in [0.4, 0.5) is 0 Å². The van der Waals surface area contributed by atoms with Gasteiger partial charge in [0.25, 0.3) is 0 Å². The van der Waals surface area contributed by atoms with Crippen LogP contribution in [-0.4, -0.2) is 175 Å². The van der Waals surface area contributed by atoms with Crippen molar-refractivity contribution in [3.8, 4) is 138 Å². The highest BCUT2D eigenvalue weighted by Crippen LogP contribution is 2.46. The molecule has 9 rings (SSSR count). The molecule has 0 bridgehead atoms. The maximum atomic E-state index is 14.5. The Bertz CT molecular complexity index is 4440. The summed E-state index contributed by atoms with van der Waals surface area (Å²) in [5.74, 6) is -40.8. The Balaban J connectivity index is 1.12. The third-order valence-corrected chi connectivity index (χ3v) is 13.5. The molecule has 0 radical (unpaired) electrons. The van der Waals surface area contributed by atoms with Crippen molar-refractivity contribution in [2.75, 3.05) is 0 Å². The second-order valence-corrected chi connectivity index (χ2v) is 20.2. The normalized spacial score (nSPS) is 14.8. The molecule has 508 valence electrons. The summed E-state index contributed by atoms with van der Waals surface area (Å²) in [4.78, 5) is 110. The molecule has 0 spiro atoms. The molecule has 0 saturated carbocycles. The van der Waals surface area contributed by atoms with Crippen LogP contribution >= 0.6 is 0 Å². The van der Waals surface area contributed by atoms with E-state index in [1.54, 1.807) is 0 Å². The first-order valence-corrected chi connectivity index (χ1v) is 26.7. The summed E-state index contributed by atoms with van der Waals surface area (Å²) in [6.45, 7) is 0. The van der Waals surface area contributed by atoms with Gasteiger partial charge in [-0.25, -0.2) is 38.4 Å². The van der Waals surface area contributed by atoms with Crippen molar-refractivity contribution in [2.45, 2.75) is 31.2 Å². The Morgan fingerprint density at radius 3 is 0.714 bits per heavy atom. The van der Waals surface area contributed by atoms with E-state index in [1.807, 2.05) is 0 Å². The van der Waals surface area contributed by atoms with Gasteiger partial charge in [0.1, 0.15) is 0 Å². The smallest absolute Gasteiger partial charge is 0.343 e. The van der Waals surface area contributed by atoms with Gasteiger partial charge in [0.2, 0.25) is 41.7 Å². The van der Waals surface area contributed by atoms with E-state index in [2.05, 4.69) is 0 Å². The summed E-state index contributed by atoms with van der Waals surface area (Å²) in [6.07, 6.45) is -11.4. The van der Waals surface area contributed by atoms with E-state index >= 15 is 0 Å². The van der Waals surface area contributed by atoms with Gasteiger partial charge in [-0.2, -0.15) is 0 Å². The molecule has 37 nitrogen and oxygen atoms in total. The molecule has 1 heterocycles. The number of carbonyl (C=O) groups is 8. The SMILES string of the molecule is O=C(Oc1cc(C(=O)OC2C[C@@H](OC(=O)c3cc(O)c(O)c(OC(=O)c4cc(O)c(O)c(O)c4)c3)[C@H](OC(=O)c3cc(O)c(O)c(OC(=O)c4cc(O)c(O)c(O)c4)c3)[C@@H](OC(=O)c3cc(O)c(O)c(OC(=O)c4cc(O)c(O)c(O)c4)c3)O2)cc(O)c1O)c1cc(O)c(O)c(O)c1. The van der Waals surface area contributed by atoms with E-state index in [0.717, 1.165) is 0 Å². The fourth-order valence-electron chi connectivity index (χ4n) is 8.64. The van der Waals surface area contributed by atoms with Gasteiger partial charge in [-0.3, -0.25) is 4.74 Å². The third kappa shape index (κ3) is 14.1. The quantitative estimate of drug-likeness (QED) is 0.0279. The molecule has 1 saturated heterocycles. The lowest BCUT2D eigenvalue weighted by Gasteiger charge is -2.39. The first-order chi connectivity index (χ1) is 46.1. The largest absolute Gasteiger partial charge is 0.504 e. The number of aromatic hydroxyl groups is 20. The maximum absolute atomic E-state index is 14.5. The van der Waals surface area contributed by atoms with Gasteiger partial charge in [0.15, 0.2) is 121 Å². The van der Waals surface area contributed by atoms with Crippen molar-refractivity contribution in [1.29, 1.82) is 0 Å². The molecule has 0 aliphatic carbocycles. The van der Waals surface area contributed by atoms with Gasteiger partial charge >= 0.3 is 47.8 Å². The van der Waals surface area contributed by atoms with Crippen LogP contribution in [0.2, 0.25) is 0 Å². The molecule has 1 aliphatic rings. The lowest BCUT2D eigenvalue weighted by molar-refractivity contribution is -0.289. The topological polar surface area (TPSA) is 624 Å². The molecule has 20 N–H and O–H groups in total. The molecule has 1 fully saturated rings. The monoisotopic (exact) mass is 1370 g/mol. The van der Waals surface area contributed by atoms with Crippen LogP contribution < -0.4 is 18.9 Å². The minimum atomic E-state index is -2.79. The Labute approximate surface area is 540 Å². The average Bonchev–Trinajstić information content (AvgIpc) is 0.792. The molecular formula is C61H42O37. The number of carbonyl (C=O) groups excluding carboxylic acids is 8. The van der Waals surface area contributed by atoms with Gasteiger partial charge in [-0.1, -0.05) is 0 Å². The van der Waals surface area contributed by atoms with Crippen molar-refractivity contribution >= 4 is 47.8 Å². The van der Waals surface area contributed by atoms with E-state index < -0.39 is 261 Å². The van der Waals surface area contributed by atoms with E-state index in [4.69, 9.17) is 42.6 Å². The highest BCUT2D eigenvalue weighted by molar-refractivity contribution is 5.99. The lowest BCUT2D eigenvalue weighted by atomic mass is 10.0. The van der Waals surface area contributed by atoms with Crippen LogP contribution in [0, 0.1) is 0 Å². The Morgan fingerprint density at radius 2 is 0.459 bits per heavy atom. The zero-order valence-electron chi connectivity index (χ0n) is 48.1. The van der Waals surface area contributed by atoms with Crippen LogP contribution in [-0.2, 0) is 23.7 Å². The van der Waals surface area contributed by atoms with Crippen molar-refractivity contribution in [3.05, 3.63) is 142 Å². The molecule has 98 heavy (non-hydrogen) atoms. The Morgan fingerprint density at radius 1 is 0.255 bits per heavy atom. The Kier molecular flexibility index (Phi) is 18.4. The second kappa shape index (κ2) is 26.6. The molecule has 1 unspecified atom stereocenters. The average molecular weight is 1370 g/mol. The molecule has 0 aromatic heterocycles. The van der Waals surface area contributed by atoms with Crippen molar-refractivity contribution in [2.24, 2.45) is 0 Å². The van der Waals surface area contributed by atoms with Gasteiger partial charge in [-0.15, -0.1) is 0 Å². The summed E-state index contributed by atoms with van der Waals surface area (Å²) in [5, 5.41) is 205. The highest BCUT2D eigenvalue weighted by Gasteiger charge is 2.48. The standard InChI is InChI=1S/C61H42O37/c62-26-1-18(2-27(63)44(26)74)53(82)90-38-13-22(9-34(70)48(38)78)57(86)94-42-17-43(95-58(87)23-10-35(71)49(79)39(14-23)91-54(83)19-3-28(64)45(75)29(65)4-19)96-61(98-60(89)25-12-37(73)51(81)41(16-25)93-56(85)21-7-32(68)47(77)33(69)8-21)52(42)97-59(88)24-11-36(72)50(80)40(15-24)92-55(84)20-5-30(66)46(76)31(67)6-20/h1-16,42-43,52,61-81H,17H2/t42-,43?,52+,61-/m1/s1. The fraction of sp³-hybridized carbons (Fsp3) is 0.0820. The molecular weight excluding hydrogens is 1320 g/mol. The van der Waals surface area contributed by atoms with Crippen LogP contribution in [0.5, 0.6) is 138 Å². The predicted octanol–water partition coefficient (Wildman–Crippen LogP) is 4.21. The summed E-state index contributed by atoms with van der Waals surface area (Å²) < 4.78 is 48.4. The number of ether oxygens (including phenoxy) is 9. The molecule has 4 atom stereocenters. The number of benzene rings is 8. The number of esters is 8. The van der Waals surface area contributed by atoms with Crippen molar-refractivity contribution < 1.29 is 183 Å². The van der Waals surface area contributed by atoms with Crippen LogP contribution in [0.15, 0.2) is 97.1 Å². The number of rotatable bonds is 16. The zero-order chi connectivity index (χ0) is 71.8. The number of phenolic OH excluding ortho intramolecular Hbond substituents is 20. The summed E-state index contributed by atoms with van der Waals surface area (Å²) >= 11 is 0. The van der Waals surface area contributed by atoms with Gasteiger partial charge in [-0.05, 0) is 97.1 Å². The third-order valence-electron chi connectivity index (χ3n) is 13.5. The van der Waals surface area contributed by atoms with Crippen molar-refractivity contribution in [3.63, 3.8) is 0 Å². The van der Waals surface area contributed by atoms with E-state index in [0.29, 0.717) is 97.1 Å². The van der Waals surface area contributed by atoms with Gasteiger partial charge in [0.05, 0.1) is 50.9 Å². The number of hydrogen-bond donors (Lipinski definition) is 20. The van der Waals surface area contributed by atoms with Crippen LogP contribution in [0.25, 0.3) is 0 Å². The molecule has 8 aromatic rings. The lowest BCUT2D eigenvalue weighted by Crippen LogP contribution is -2.54. The second-order valence-electron chi connectivity index (χ2n) is 20.2. The number of phenols is 20. The van der Waals surface area contributed by atoms with E-state index in [1.165, 1.54) is 0 Å². The summed E-state index contributed by atoms with van der Waals surface area (Å²) in [5.41, 5.74) is -6.74. The van der Waals surface area contributed by atoms with Gasteiger partial charge < -0.3 is 140 Å². The minimum absolute atomic E-state index is 0.429. The number of hydrogen-bond acceptors (Lipinski definition) is 37. The molecule has 0 amide bonds. The maximum Gasteiger partial charge on any atom is 0.343 e. The van der Waals surface area contributed by atoms with Gasteiger partial charge in [0, 0.05) is 0 Å². The predicted molar refractivity (Wildman–Crippen MR) is 307 cm³/mol. The first kappa shape index (κ1) is 67.9. The minimum Gasteiger partial charge on any atom is -0.504 e. The molecule has 8 aromatic carbocycles. The van der Waals surface area contributed by atoms with E-state index in [9.17, 15) is 140 Å². The van der Waals surface area contributed by atoms with Crippen molar-refractivity contribution in [1.82, 2.24) is 0 Å². The Hall–Kier alpha value is -14.5. The van der Waals surface area contributed by atoms with E-state index in [-0.39, 0.29) is 0 Å². The highest BCUT2D eigenvalue weighted by atomic mass is 16.8. The van der Waals surface area contributed by atoms with Crippen LogP contribution in [0.3, 0.4) is 0 Å². The molecule has 1 aliphatic heterocycles. The van der Waals surface area contributed by atoms with Crippen LogP contribution in [0.1, 0.15) is 89.3 Å². The molecule has 37 heteroatoms. The summed E-state index contributed by atoms with van der Waals surface area (Å²) in [6, 6.07) is 8.38. The first-order valence-electron chi connectivity index (χ1n) is 26.7. The summed E-state index contributed by atoms with van der Waals surface area (Å²) in [7, 11) is 0. The zero-order valence-corrected chi connectivity index (χ0v) is 48.1. The fourth-order valence-corrected chi connectivity index (χ4v) is 8.64.